The number of benzene rings is 1. The molecule has 0 aliphatic heterocycles. The first-order chi connectivity index (χ1) is 10.3. The lowest BCUT2D eigenvalue weighted by Crippen LogP contribution is -2.37. The predicted molar refractivity (Wildman–Crippen MR) is 87.1 cm³/mol. The summed E-state index contributed by atoms with van der Waals surface area (Å²) in [6, 6.07) is 4.52. The molecule has 0 spiro atoms. The lowest BCUT2D eigenvalue weighted by molar-refractivity contribution is 0.0901. The number of methoxy groups -OCH3 is 1. The maximum atomic E-state index is 12.5. The summed E-state index contributed by atoms with van der Waals surface area (Å²) in [5.74, 6) is 0.249. The second kappa shape index (κ2) is 8.69. The van der Waals surface area contributed by atoms with Crippen molar-refractivity contribution in [1.82, 2.24) is 10.0 Å². The summed E-state index contributed by atoms with van der Waals surface area (Å²) in [4.78, 5) is 0.0197. The maximum Gasteiger partial charge on any atom is 0.244 e. The van der Waals surface area contributed by atoms with Gasteiger partial charge in [-0.2, -0.15) is 0 Å². The maximum absolute atomic E-state index is 12.5. The molecule has 126 valence electrons. The number of sulfonamides is 1. The Balaban J connectivity index is 3.02. The van der Waals surface area contributed by atoms with Crippen LogP contribution in [0.1, 0.15) is 13.8 Å². The van der Waals surface area contributed by atoms with Crippen molar-refractivity contribution < 1.29 is 17.9 Å². The highest BCUT2D eigenvalue weighted by Gasteiger charge is 2.22. The van der Waals surface area contributed by atoms with Crippen molar-refractivity contribution in [3.05, 3.63) is 23.2 Å². The molecule has 0 aliphatic rings. The van der Waals surface area contributed by atoms with Gasteiger partial charge in [0.1, 0.15) is 16.7 Å². The SMILES string of the molecule is CNC(C)CNS(=O)(=O)c1cc(Cl)ccc1OC(C)COC. The van der Waals surface area contributed by atoms with E-state index in [4.69, 9.17) is 21.1 Å². The van der Waals surface area contributed by atoms with Crippen molar-refractivity contribution in [3.8, 4) is 5.75 Å². The van der Waals surface area contributed by atoms with E-state index in [-0.39, 0.29) is 29.3 Å². The Bertz CT molecular complexity index is 580. The number of hydrogen-bond donors (Lipinski definition) is 2. The third-order valence-corrected chi connectivity index (χ3v) is 4.68. The van der Waals surface area contributed by atoms with Gasteiger partial charge in [0.25, 0.3) is 0 Å². The van der Waals surface area contributed by atoms with E-state index in [2.05, 4.69) is 10.0 Å². The van der Waals surface area contributed by atoms with E-state index in [0.717, 1.165) is 0 Å². The van der Waals surface area contributed by atoms with Crippen LogP contribution in [-0.2, 0) is 14.8 Å². The molecule has 8 heteroatoms. The van der Waals surface area contributed by atoms with Crippen LogP contribution in [0.25, 0.3) is 0 Å². The summed E-state index contributed by atoms with van der Waals surface area (Å²) in [7, 11) is -0.401. The van der Waals surface area contributed by atoms with Crippen LogP contribution < -0.4 is 14.8 Å². The van der Waals surface area contributed by atoms with E-state index in [9.17, 15) is 8.42 Å². The zero-order valence-electron chi connectivity index (χ0n) is 13.2. The van der Waals surface area contributed by atoms with Gasteiger partial charge in [0.05, 0.1) is 6.61 Å². The van der Waals surface area contributed by atoms with E-state index in [0.29, 0.717) is 11.6 Å². The first-order valence-electron chi connectivity index (χ1n) is 6.92. The van der Waals surface area contributed by atoms with E-state index in [1.807, 2.05) is 6.92 Å². The molecule has 0 bridgehead atoms. The summed E-state index contributed by atoms with van der Waals surface area (Å²) in [5, 5.41) is 3.29. The van der Waals surface area contributed by atoms with Gasteiger partial charge in [-0.05, 0) is 39.1 Å². The number of nitrogens with one attached hydrogen (secondary N) is 2. The number of ether oxygens (including phenoxy) is 2. The first-order valence-corrected chi connectivity index (χ1v) is 8.78. The summed E-state index contributed by atoms with van der Waals surface area (Å²) in [6.45, 7) is 4.29. The molecule has 0 saturated heterocycles. The fourth-order valence-corrected chi connectivity index (χ4v) is 3.21. The van der Waals surface area contributed by atoms with Gasteiger partial charge in [0.2, 0.25) is 10.0 Å². The lowest BCUT2D eigenvalue weighted by Gasteiger charge is -2.18. The highest BCUT2D eigenvalue weighted by molar-refractivity contribution is 7.89. The molecule has 1 aromatic carbocycles. The van der Waals surface area contributed by atoms with Crippen molar-refractivity contribution in [1.29, 1.82) is 0 Å². The Labute approximate surface area is 137 Å². The van der Waals surface area contributed by atoms with E-state index < -0.39 is 10.0 Å². The average Bonchev–Trinajstić information content (AvgIpc) is 2.46. The second-order valence-electron chi connectivity index (χ2n) is 5.02. The third-order valence-electron chi connectivity index (χ3n) is 3.00. The molecule has 6 nitrogen and oxygen atoms in total. The Morgan fingerprint density at radius 2 is 2.00 bits per heavy atom. The van der Waals surface area contributed by atoms with E-state index in [1.54, 1.807) is 33.2 Å². The normalized spacial score (nSPS) is 14.6. The van der Waals surface area contributed by atoms with Gasteiger partial charge in [-0.1, -0.05) is 11.6 Å². The molecule has 0 radical (unpaired) electrons. The van der Waals surface area contributed by atoms with Crippen LogP contribution in [0.4, 0.5) is 0 Å². The molecular weight excluding hydrogens is 328 g/mol. The highest BCUT2D eigenvalue weighted by Crippen LogP contribution is 2.28. The molecule has 0 amide bonds. The molecule has 0 aromatic heterocycles. The Hall–Kier alpha value is -0.860. The van der Waals surface area contributed by atoms with Crippen molar-refractivity contribution in [2.45, 2.75) is 30.9 Å². The Morgan fingerprint density at radius 1 is 1.32 bits per heavy atom. The fourth-order valence-electron chi connectivity index (χ4n) is 1.69. The minimum atomic E-state index is -3.72. The minimum absolute atomic E-state index is 0.00532. The quantitative estimate of drug-likeness (QED) is 0.708. The van der Waals surface area contributed by atoms with Crippen molar-refractivity contribution in [2.24, 2.45) is 0 Å². The zero-order valence-corrected chi connectivity index (χ0v) is 14.8. The van der Waals surface area contributed by atoms with Crippen LogP contribution >= 0.6 is 11.6 Å². The minimum Gasteiger partial charge on any atom is -0.487 e. The Morgan fingerprint density at radius 3 is 2.59 bits per heavy atom. The molecule has 0 fully saturated rings. The third kappa shape index (κ3) is 5.73. The first kappa shape index (κ1) is 19.2. The standard InChI is InChI=1S/C14H23ClN2O4S/c1-10(16-3)8-17-22(18,19)14-7-12(15)5-6-13(14)21-11(2)9-20-4/h5-7,10-11,16-17H,8-9H2,1-4H3. The van der Waals surface area contributed by atoms with Gasteiger partial charge >= 0.3 is 0 Å². The molecule has 0 aliphatic carbocycles. The average molecular weight is 351 g/mol. The molecule has 2 atom stereocenters. The molecule has 2 unspecified atom stereocenters. The topological polar surface area (TPSA) is 76.7 Å². The summed E-state index contributed by atoms with van der Waals surface area (Å²) in [6.07, 6.45) is -0.281. The summed E-state index contributed by atoms with van der Waals surface area (Å²) in [5.41, 5.74) is 0. The van der Waals surface area contributed by atoms with Crippen molar-refractivity contribution in [2.75, 3.05) is 27.3 Å². The molecule has 1 aromatic rings. The number of hydrogen-bond acceptors (Lipinski definition) is 5. The zero-order chi connectivity index (χ0) is 16.8. The largest absolute Gasteiger partial charge is 0.487 e. The van der Waals surface area contributed by atoms with Crippen LogP contribution in [0.5, 0.6) is 5.75 Å². The van der Waals surface area contributed by atoms with Crippen LogP contribution in [0, 0.1) is 0 Å². The van der Waals surface area contributed by atoms with Gasteiger partial charge in [-0.3, -0.25) is 0 Å². The van der Waals surface area contributed by atoms with Gasteiger partial charge in [-0.25, -0.2) is 13.1 Å². The monoisotopic (exact) mass is 350 g/mol. The van der Waals surface area contributed by atoms with Crippen LogP contribution in [-0.4, -0.2) is 47.9 Å². The van der Waals surface area contributed by atoms with Crippen molar-refractivity contribution >= 4 is 21.6 Å². The summed E-state index contributed by atoms with van der Waals surface area (Å²) < 4.78 is 38.1. The highest BCUT2D eigenvalue weighted by atomic mass is 35.5. The Kier molecular flexibility index (Phi) is 7.58. The van der Waals surface area contributed by atoms with E-state index in [1.165, 1.54) is 6.07 Å². The molecule has 0 saturated carbocycles. The van der Waals surface area contributed by atoms with Gasteiger partial charge < -0.3 is 14.8 Å². The van der Waals surface area contributed by atoms with Crippen LogP contribution in [0.15, 0.2) is 23.1 Å². The number of halogens is 1. The molecular formula is C14H23ClN2O4S. The molecule has 0 heterocycles. The molecule has 22 heavy (non-hydrogen) atoms. The molecule has 1 rings (SSSR count). The van der Waals surface area contributed by atoms with Crippen LogP contribution in [0.3, 0.4) is 0 Å². The lowest BCUT2D eigenvalue weighted by atomic mass is 10.3. The summed E-state index contributed by atoms with van der Waals surface area (Å²) >= 11 is 5.93. The smallest absolute Gasteiger partial charge is 0.244 e. The van der Waals surface area contributed by atoms with Gasteiger partial charge in [-0.15, -0.1) is 0 Å². The number of likely N-dealkylation sites (N-methyl/N-ethyl adjacent to an activating group) is 1. The fraction of sp³-hybridized carbons (Fsp3) is 0.571. The van der Waals surface area contributed by atoms with Gasteiger partial charge in [0.15, 0.2) is 0 Å². The van der Waals surface area contributed by atoms with Crippen molar-refractivity contribution in [3.63, 3.8) is 0 Å². The number of rotatable bonds is 9. The van der Waals surface area contributed by atoms with Gasteiger partial charge in [0, 0.05) is 24.7 Å². The molecule has 2 N–H and O–H groups in total. The second-order valence-corrected chi connectivity index (χ2v) is 7.19. The van der Waals surface area contributed by atoms with E-state index >= 15 is 0 Å². The predicted octanol–water partition coefficient (Wildman–Crippen LogP) is 1.64. The van der Waals surface area contributed by atoms with Crippen LogP contribution in [0.2, 0.25) is 5.02 Å².